The van der Waals surface area contributed by atoms with Crippen molar-refractivity contribution < 1.29 is 0 Å². The van der Waals surface area contributed by atoms with Gasteiger partial charge in [-0.25, -0.2) is 0 Å². The molecule has 0 amide bonds. The van der Waals surface area contributed by atoms with Crippen LogP contribution < -0.4 is 14.7 Å². The first kappa shape index (κ1) is 53.7. The fraction of sp³-hybridized carbons (Fsp3) is 0.0732. The van der Waals surface area contributed by atoms with Gasteiger partial charge in [-0.2, -0.15) is 0 Å². The quantitative estimate of drug-likeness (QED) is 0.107. The van der Waals surface area contributed by atoms with Gasteiger partial charge in [0.2, 0.25) is 0 Å². The second-order valence-electron chi connectivity index (χ2n) is 23.2. The van der Waals surface area contributed by atoms with E-state index in [1.807, 2.05) is 11.3 Å². The van der Waals surface area contributed by atoms with Crippen LogP contribution in [0, 0.1) is 41.5 Å². The van der Waals surface area contributed by atoms with Gasteiger partial charge in [-0.05, 0) is 236 Å². The summed E-state index contributed by atoms with van der Waals surface area (Å²) in [4.78, 5) is 8.28. The Balaban J connectivity index is 0.811. The first-order chi connectivity index (χ1) is 42.0. The SMILES string of the molecule is Cc1ccc(N(c2ccc(C)cc2)c2ccc(-c3ccc4cc5cc(-c6ccc7c(-c8ccc(N(c9ccc(C)cc9)c9ccc(C)cc9)cc8)c(-c8ccc(N(c9ccc(C)cc9)c9ccc(C)cc9)cc8)sc7c6)ccc5cc4c3)cc2)cc1. The summed E-state index contributed by atoms with van der Waals surface area (Å²) in [5.41, 5.74) is 26.0. The molecule has 3 nitrogen and oxygen atoms in total. The van der Waals surface area contributed by atoms with E-state index in [1.54, 1.807) is 0 Å². The maximum Gasteiger partial charge on any atom is 0.0462 e. The normalized spacial score (nSPS) is 11.4. The number of thiophene rings is 1. The van der Waals surface area contributed by atoms with Crippen LogP contribution in [0.2, 0.25) is 0 Å². The van der Waals surface area contributed by atoms with Crippen molar-refractivity contribution in [2.75, 3.05) is 14.7 Å². The highest BCUT2D eigenvalue weighted by atomic mass is 32.1. The molecule has 14 rings (SSSR count). The molecule has 0 saturated carbocycles. The lowest BCUT2D eigenvalue weighted by Crippen LogP contribution is -2.09. The fourth-order valence-electron chi connectivity index (χ4n) is 12.0. The second kappa shape index (κ2) is 22.7. The van der Waals surface area contributed by atoms with Gasteiger partial charge in [-0.1, -0.05) is 179 Å². The van der Waals surface area contributed by atoms with Crippen LogP contribution >= 0.6 is 11.3 Å². The van der Waals surface area contributed by atoms with Gasteiger partial charge in [-0.15, -0.1) is 11.3 Å². The fourth-order valence-corrected chi connectivity index (χ4v) is 13.2. The number of hydrogen-bond donors (Lipinski definition) is 0. The minimum Gasteiger partial charge on any atom is -0.311 e. The third-order valence-corrected chi connectivity index (χ3v) is 18.0. The third-order valence-electron chi connectivity index (χ3n) is 16.8. The van der Waals surface area contributed by atoms with Gasteiger partial charge in [0.1, 0.15) is 0 Å². The molecule has 0 aliphatic rings. The van der Waals surface area contributed by atoms with Crippen LogP contribution in [0.3, 0.4) is 0 Å². The minimum absolute atomic E-state index is 1.11. The van der Waals surface area contributed by atoms with Crippen LogP contribution in [0.4, 0.5) is 51.2 Å². The second-order valence-corrected chi connectivity index (χ2v) is 24.2. The zero-order chi connectivity index (χ0) is 58.4. The first-order valence-corrected chi connectivity index (χ1v) is 30.5. The number of fused-ring (bicyclic) bond motifs is 3. The Morgan fingerprint density at radius 1 is 0.209 bits per heavy atom. The van der Waals surface area contributed by atoms with Crippen LogP contribution in [0.1, 0.15) is 33.4 Å². The van der Waals surface area contributed by atoms with Crippen molar-refractivity contribution >= 4 is 94.2 Å². The van der Waals surface area contributed by atoms with E-state index in [2.05, 4.69) is 341 Å². The van der Waals surface area contributed by atoms with E-state index in [0.717, 1.165) is 51.2 Å². The van der Waals surface area contributed by atoms with Gasteiger partial charge >= 0.3 is 0 Å². The molecule has 414 valence electrons. The van der Waals surface area contributed by atoms with Gasteiger partial charge in [0, 0.05) is 71.7 Å². The van der Waals surface area contributed by atoms with Crippen LogP contribution in [-0.4, -0.2) is 0 Å². The van der Waals surface area contributed by atoms with Gasteiger partial charge in [-0.3, -0.25) is 0 Å². The molecule has 0 atom stereocenters. The molecule has 14 aromatic rings. The Morgan fingerprint density at radius 2 is 0.465 bits per heavy atom. The average molecular weight is 1120 g/mol. The molecule has 0 aliphatic heterocycles. The summed E-state index contributed by atoms with van der Waals surface area (Å²) in [6, 6.07) is 106. The Kier molecular flexibility index (Phi) is 14.2. The summed E-state index contributed by atoms with van der Waals surface area (Å²) in [5, 5.41) is 6.14. The lowest BCUT2D eigenvalue weighted by Gasteiger charge is -2.26. The van der Waals surface area contributed by atoms with E-state index in [0.29, 0.717) is 0 Å². The number of nitrogens with zero attached hydrogens (tertiary/aromatic N) is 3. The maximum absolute atomic E-state index is 2.41. The molecule has 1 heterocycles. The number of anilines is 9. The summed E-state index contributed by atoms with van der Waals surface area (Å²) in [6.07, 6.45) is 0. The van der Waals surface area contributed by atoms with Crippen molar-refractivity contribution in [3.05, 3.63) is 318 Å². The molecule has 1 aromatic heterocycles. The summed E-state index contributed by atoms with van der Waals surface area (Å²) in [5.74, 6) is 0. The van der Waals surface area contributed by atoms with E-state index < -0.39 is 0 Å². The van der Waals surface area contributed by atoms with Crippen molar-refractivity contribution in [1.82, 2.24) is 0 Å². The molecule has 0 unspecified atom stereocenters. The highest BCUT2D eigenvalue weighted by molar-refractivity contribution is 7.23. The first-order valence-electron chi connectivity index (χ1n) is 29.7. The zero-order valence-corrected chi connectivity index (χ0v) is 50.2. The summed E-state index contributed by atoms with van der Waals surface area (Å²) < 4.78 is 1.25. The molecule has 13 aromatic carbocycles. The van der Waals surface area contributed by atoms with Gasteiger partial charge < -0.3 is 14.7 Å². The molecular weight excluding hydrogens is 1060 g/mol. The van der Waals surface area contributed by atoms with Crippen LogP contribution in [0.5, 0.6) is 0 Å². The number of benzene rings is 13. The summed E-state index contributed by atoms with van der Waals surface area (Å²) >= 11 is 1.88. The zero-order valence-electron chi connectivity index (χ0n) is 49.4. The summed E-state index contributed by atoms with van der Waals surface area (Å²) in [7, 11) is 0. The van der Waals surface area contributed by atoms with Gasteiger partial charge in [0.05, 0.1) is 0 Å². The molecule has 0 aliphatic carbocycles. The van der Waals surface area contributed by atoms with E-state index in [4.69, 9.17) is 0 Å². The molecule has 0 fully saturated rings. The average Bonchev–Trinajstić information content (AvgIpc) is 3.19. The van der Waals surface area contributed by atoms with Crippen molar-refractivity contribution in [3.63, 3.8) is 0 Å². The molecule has 0 bridgehead atoms. The van der Waals surface area contributed by atoms with Crippen molar-refractivity contribution in [1.29, 1.82) is 0 Å². The van der Waals surface area contributed by atoms with E-state index in [-0.39, 0.29) is 0 Å². The molecule has 0 spiro atoms. The van der Waals surface area contributed by atoms with Crippen LogP contribution in [0.15, 0.2) is 285 Å². The Hall–Kier alpha value is -10.3. The van der Waals surface area contributed by atoms with E-state index in [1.165, 1.54) is 109 Å². The lowest BCUT2D eigenvalue weighted by atomic mass is 9.95. The minimum atomic E-state index is 1.11. The molecule has 0 N–H and O–H groups in total. The maximum atomic E-state index is 2.41. The smallest absolute Gasteiger partial charge is 0.0462 e. The highest BCUT2D eigenvalue weighted by Crippen LogP contribution is 2.48. The predicted molar refractivity (Wildman–Crippen MR) is 371 cm³/mol. The summed E-state index contributed by atoms with van der Waals surface area (Å²) in [6.45, 7) is 12.8. The Labute approximate surface area is 509 Å². The molecule has 86 heavy (non-hydrogen) atoms. The molecule has 0 radical (unpaired) electrons. The van der Waals surface area contributed by atoms with Crippen LogP contribution in [0.25, 0.3) is 75.5 Å². The largest absolute Gasteiger partial charge is 0.311 e. The van der Waals surface area contributed by atoms with E-state index >= 15 is 0 Å². The number of rotatable bonds is 13. The molecule has 0 saturated heterocycles. The van der Waals surface area contributed by atoms with Crippen molar-refractivity contribution in [2.24, 2.45) is 0 Å². The van der Waals surface area contributed by atoms with Crippen molar-refractivity contribution in [2.45, 2.75) is 41.5 Å². The topological polar surface area (TPSA) is 9.72 Å². The predicted octanol–water partition coefficient (Wildman–Crippen LogP) is 24.1. The van der Waals surface area contributed by atoms with Gasteiger partial charge in [0.25, 0.3) is 0 Å². The van der Waals surface area contributed by atoms with Crippen molar-refractivity contribution in [3.8, 4) is 43.8 Å². The standard InChI is InChI=1S/C82H65N3S/c1-54-7-30-70(31-8-54)83(71-32-9-55(2)10-33-71)76-42-23-60(24-43-76)63-19-21-65-52-69-50-64(20-22-66(69)51-68(65)49-63)67-29-48-79-80(53-67)86-82(62-27-46-78(47-28-62)85(74-38-15-58(5)16-39-74)75-40-17-59(6)18-41-75)81(79)61-25-44-77(45-26-61)84(72-34-11-56(3)12-35-72)73-36-13-57(4)14-37-73/h7-53H,1-6H3. The molecular formula is C82H65N3S. The number of aryl methyl sites for hydroxylation is 6. The van der Waals surface area contributed by atoms with Crippen LogP contribution in [-0.2, 0) is 0 Å². The Bertz CT molecular complexity index is 4600. The third kappa shape index (κ3) is 10.7. The van der Waals surface area contributed by atoms with E-state index in [9.17, 15) is 0 Å². The van der Waals surface area contributed by atoms with Gasteiger partial charge in [0.15, 0.2) is 0 Å². The monoisotopic (exact) mass is 1120 g/mol. The molecule has 4 heteroatoms. The lowest BCUT2D eigenvalue weighted by molar-refractivity contribution is 1.27. The highest BCUT2D eigenvalue weighted by Gasteiger charge is 2.21. The number of hydrogen-bond acceptors (Lipinski definition) is 4. The Morgan fingerprint density at radius 3 is 0.802 bits per heavy atom.